The zero-order valence-electron chi connectivity index (χ0n) is 10.3. The first-order valence-electron chi connectivity index (χ1n) is 7.09. The highest BCUT2D eigenvalue weighted by Gasteiger charge is 2.21. The standard InChI is InChI=1S/C14H27N/c1-12(14-8-3-2-4-9-14)15-11-10-13-6-5-7-13/h12-15H,2-11H2,1H3. The van der Waals surface area contributed by atoms with Gasteiger partial charge in [-0.05, 0) is 44.6 Å². The molecule has 2 rings (SSSR count). The predicted molar refractivity (Wildman–Crippen MR) is 66.0 cm³/mol. The molecule has 0 aromatic carbocycles. The van der Waals surface area contributed by atoms with Gasteiger partial charge in [-0.1, -0.05) is 38.5 Å². The third-order valence-corrected chi connectivity index (χ3v) is 4.60. The van der Waals surface area contributed by atoms with Gasteiger partial charge in [-0.25, -0.2) is 0 Å². The molecular weight excluding hydrogens is 182 g/mol. The van der Waals surface area contributed by atoms with E-state index < -0.39 is 0 Å². The van der Waals surface area contributed by atoms with Crippen molar-refractivity contribution >= 4 is 0 Å². The molecule has 0 spiro atoms. The van der Waals surface area contributed by atoms with Crippen LogP contribution in [0.3, 0.4) is 0 Å². The van der Waals surface area contributed by atoms with E-state index in [1.54, 1.807) is 0 Å². The summed E-state index contributed by atoms with van der Waals surface area (Å²) in [6.45, 7) is 3.67. The Morgan fingerprint density at radius 3 is 2.33 bits per heavy atom. The van der Waals surface area contributed by atoms with E-state index in [1.165, 1.54) is 64.3 Å². The molecule has 0 heterocycles. The molecule has 1 unspecified atom stereocenters. The lowest BCUT2D eigenvalue weighted by Gasteiger charge is -2.30. The molecule has 2 fully saturated rings. The summed E-state index contributed by atoms with van der Waals surface area (Å²) in [6.07, 6.45) is 13.3. The predicted octanol–water partition coefficient (Wildman–Crippen LogP) is 3.74. The molecule has 1 N–H and O–H groups in total. The van der Waals surface area contributed by atoms with E-state index in [2.05, 4.69) is 12.2 Å². The number of rotatable bonds is 5. The topological polar surface area (TPSA) is 12.0 Å². The van der Waals surface area contributed by atoms with Crippen molar-refractivity contribution in [1.82, 2.24) is 5.32 Å². The third kappa shape index (κ3) is 3.48. The molecule has 1 nitrogen and oxygen atoms in total. The summed E-state index contributed by atoms with van der Waals surface area (Å²) in [7, 11) is 0. The van der Waals surface area contributed by atoms with Crippen LogP contribution in [0.1, 0.15) is 64.7 Å². The molecule has 0 saturated heterocycles. The van der Waals surface area contributed by atoms with Crippen LogP contribution in [0.15, 0.2) is 0 Å². The normalized spacial score (nSPS) is 26.2. The molecule has 2 aliphatic rings. The van der Waals surface area contributed by atoms with E-state index in [0.29, 0.717) is 0 Å². The SMILES string of the molecule is CC(NCCC1CCC1)C1CCCCC1. The Balaban J connectivity index is 1.56. The molecule has 0 aromatic heterocycles. The Bertz CT molecular complexity index is 168. The van der Waals surface area contributed by atoms with E-state index >= 15 is 0 Å². The van der Waals surface area contributed by atoms with Gasteiger partial charge in [0.25, 0.3) is 0 Å². The lowest BCUT2D eigenvalue weighted by molar-refractivity contribution is 0.255. The molecule has 0 radical (unpaired) electrons. The highest BCUT2D eigenvalue weighted by atomic mass is 14.9. The van der Waals surface area contributed by atoms with Crippen LogP contribution < -0.4 is 5.32 Å². The molecule has 2 aliphatic carbocycles. The summed E-state index contributed by atoms with van der Waals surface area (Å²) in [6, 6.07) is 0.769. The Morgan fingerprint density at radius 2 is 1.73 bits per heavy atom. The van der Waals surface area contributed by atoms with Crippen LogP contribution in [0.5, 0.6) is 0 Å². The van der Waals surface area contributed by atoms with Crippen molar-refractivity contribution in [1.29, 1.82) is 0 Å². The van der Waals surface area contributed by atoms with Gasteiger partial charge in [0.2, 0.25) is 0 Å². The fraction of sp³-hybridized carbons (Fsp3) is 1.00. The monoisotopic (exact) mass is 209 g/mol. The summed E-state index contributed by atoms with van der Waals surface area (Å²) < 4.78 is 0. The summed E-state index contributed by atoms with van der Waals surface area (Å²) in [4.78, 5) is 0. The average Bonchev–Trinajstić information content (AvgIpc) is 2.23. The first-order valence-corrected chi connectivity index (χ1v) is 7.09. The minimum absolute atomic E-state index is 0.769. The Kier molecular flexibility index (Phi) is 4.49. The van der Waals surface area contributed by atoms with Crippen molar-refractivity contribution in [2.45, 2.75) is 70.8 Å². The van der Waals surface area contributed by atoms with Crippen molar-refractivity contribution in [3.63, 3.8) is 0 Å². The molecule has 2 saturated carbocycles. The quantitative estimate of drug-likeness (QED) is 0.727. The molecule has 1 atom stereocenters. The largest absolute Gasteiger partial charge is 0.314 e. The highest BCUT2D eigenvalue weighted by Crippen LogP contribution is 2.29. The summed E-state index contributed by atoms with van der Waals surface area (Å²) in [5.74, 6) is 2.04. The van der Waals surface area contributed by atoms with Gasteiger partial charge in [0.05, 0.1) is 0 Å². The Morgan fingerprint density at radius 1 is 1.00 bits per heavy atom. The summed E-state index contributed by atoms with van der Waals surface area (Å²) in [5, 5.41) is 3.75. The summed E-state index contributed by atoms with van der Waals surface area (Å²) in [5.41, 5.74) is 0. The van der Waals surface area contributed by atoms with Gasteiger partial charge in [0.15, 0.2) is 0 Å². The maximum absolute atomic E-state index is 3.75. The molecule has 1 heteroatoms. The van der Waals surface area contributed by atoms with Crippen molar-refractivity contribution in [3.05, 3.63) is 0 Å². The highest BCUT2D eigenvalue weighted by molar-refractivity contribution is 4.77. The third-order valence-electron chi connectivity index (χ3n) is 4.60. The van der Waals surface area contributed by atoms with Gasteiger partial charge in [-0.15, -0.1) is 0 Å². The van der Waals surface area contributed by atoms with E-state index in [-0.39, 0.29) is 0 Å². The van der Waals surface area contributed by atoms with Crippen LogP contribution >= 0.6 is 0 Å². The minimum atomic E-state index is 0.769. The molecule has 88 valence electrons. The second-order valence-corrected chi connectivity index (χ2v) is 5.73. The molecule has 0 bridgehead atoms. The van der Waals surface area contributed by atoms with E-state index in [1.807, 2.05) is 0 Å². The number of nitrogens with one attached hydrogen (secondary N) is 1. The molecule has 0 aliphatic heterocycles. The molecule has 0 aromatic rings. The number of hydrogen-bond acceptors (Lipinski definition) is 1. The summed E-state index contributed by atoms with van der Waals surface area (Å²) >= 11 is 0. The van der Waals surface area contributed by atoms with Gasteiger partial charge in [0, 0.05) is 6.04 Å². The Hall–Kier alpha value is -0.0400. The van der Waals surface area contributed by atoms with Gasteiger partial charge < -0.3 is 5.32 Å². The smallest absolute Gasteiger partial charge is 0.00669 e. The van der Waals surface area contributed by atoms with Crippen LogP contribution in [0.2, 0.25) is 0 Å². The van der Waals surface area contributed by atoms with Gasteiger partial charge in [0.1, 0.15) is 0 Å². The minimum Gasteiger partial charge on any atom is -0.314 e. The van der Waals surface area contributed by atoms with E-state index in [9.17, 15) is 0 Å². The zero-order chi connectivity index (χ0) is 10.5. The lowest BCUT2D eigenvalue weighted by atomic mass is 9.82. The van der Waals surface area contributed by atoms with Gasteiger partial charge >= 0.3 is 0 Å². The van der Waals surface area contributed by atoms with Crippen molar-refractivity contribution in [2.75, 3.05) is 6.54 Å². The average molecular weight is 209 g/mol. The zero-order valence-corrected chi connectivity index (χ0v) is 10.3. The van der Waals surface area contributed by atoms with Crippen molar-refractivity contribution in [2.24, 2.45) is 11.8 Å². The fourth-order valence-corrected chi connectivity index (χ4v) is 3.10. The van der Waals surface area contributed by atoms with Crippen LogP contribution in [0, 0.1) is 11.8 Å². The molecular formula is C14H27N. The first kappa shape index (κ1) is 11.4. The lowest BCUT2D eigenvalue weighted by Crippen LogP contribution is -2.36. The second kappa shape index (κ2) is 5.89. The number of hydrogen-bond donors (Lipinski definition) is 1. The van der Waals surface area contributed by atoms with Crippen molar-refractivity contribution in [3.8, 4) is 0 Å². The maximum Gasteiger partial charge on any atom is 0.00669 e. The van der Waals surface area contributed by atoms with Crippen LogP contribution in [-0.2, 0) is 0 Å². The molecule has 0 amide bonds. The molecule has 15 heavy (non-hydrogen) atoms. The first-order chi connectivity index (χ1) is 7.36. The van der Waals surface area contributed by atoms with Crippen LogP contribution in [-0.4, -0.2) is 12.6 Å². The van der Waals surface area contributed by atoms with Crippen molar-refractivity contribution < 1.29 is 0 Å². The van der Waals surface area contributed by atoms with Gasteiger partial charge in [-0.2, -0.15) is 0 Å². The van der Waals surface area contributed by atoms with Gasteiger partial charge in [-0.3, -0.25) is 0 Å². The maximum atomic E-state index is 3.75. The Labute approximate surface area is 95.0 Å². The second-order valence-electron chi connectivity index (χ2n) is 5.73. The van der Waals surface area contributed by atoms with Crippen LogP contribution in [0.4, 0.5) is 0 Å². The van der Waals surface area contributed by atoms with Crippen LogP contribution in [0.25, 0.3) is 0 Å². The van der Waals surface area contributed by atoms with E-state index in [4.69, 9.17) is 0 Å². The van der Waals surface area contributed by atoms with E-state index in [0.717, 1.165) is 17.9 Å². The fourth-order valence-electron chi connectivity index (χ4n) is 3.10.